The van der Waals surface area contributed by atoms with Gasteiger partial charge in [0.15, 0.2) is 0 Å². The van der Waals surface area contributed by atoms with Crippen LogP contribution < -0.4 is 9.30 Å². The molecule has 0 atom stereocenters. The molecule has 0 saturated carbocycles. The number of aromatic nitrogens is 4. The molecule has 0 aliphatic heterocycles. The van der Waals surface area contributed by atoms with Crippen molar-refractivity contribution in [2.45, 2.75) is 51.8 Å². The molecule has 5 nitrogen and oxygen atoms in total. The summed E-state index contributed by atoms with van der Waals surface area (Å²) in [4.78, 5) is 5.15. The minimum atomic E-state index is -1.91. The van der Waals surface area contributed by atoms with Gasteiger partial charge in [0.1, 0.15) is 17.3 Å². The molecular weight excluding hydrogens is 889 g/mol. The van der Waals surface area contributed by atoms with E-state index in [9.17, 15) is 2.74 Å². The van der Waals surface area contributed by atoms with Gasteiger partial charge in [0.2, 0.25) is 0 Å². The second-order valence-corrected chi connectivity index (χ2v) is 19.6. The fraction of sp³-hybridized carbons (Fsp3) is 0.118. The average Bonchev–Trinajstić information content (AvgIpc) is 1.84. The van der Waals surface area contributed by atoms with Crippen molar-refractivity contribution < 1.29 is 25.8 Å². The quantitative estimate of drug-likeness (QED) is 0.0957. The van der Waals surface area contributed by atoms with Crippen LogP contribution in [-0.4, -0.2) is 14.1 Å². The first-order valence-electron chi connectivity index (χ1n) is 30.2. The molecule has 0 fully saturated rings. The number of rotatable bonds is 11. The lowest BCUT2D eigenvalue weighted by Gasteiger charge is -2.27. The maximum absolute atomic E-state index is 10.1. The number of benzene rings is 9. The molecule has 0 amide bonds. The zero-order valence-electron chi connectivity index (χ0n) is 52.9. The summed E-state index contributed by atoms with van der Waals surface area (Å²) in [6.07, 6.45) is 3.33. The molecule has 12 aromatic rings. The monoisotopic (exact) mass is 957 g/mol. The van der Waals surface area contributed by atoms with Gasteiger partial charge in [-0.25, -0.2) is 4.98 Å². The van der Waals surface area contributed by atoms with Crippen LogP contribution in [0.15, 0.2) is 236 Å². The molecule has 0 spiro atoms. The molecule has 9 aromatic carbocycles. The van der Waals surface area contributed by atoms with Gasteiger partial charge in [-0.1, -0.05) is 210 Å². The molecule has 0 aliphatic carbocycles. The summed E-state index contributed by atoms with van der Waals surface area (Å²) in [6, 6.07) is 47.9. The summed E-state index contributed by atoms with van der Waals surface area (Å²) in [6.45, 7) is 10.4. The number of nitrogens with zero attached hydrogens (tertiary/aromatic N) is 4. The smallest absolute Gasteiger partial charge is 0.269 e. The Balaban J connectivity index is 1.02. The Morgan fingerprint density at radius 1 is 0.548 bits per heavy atom. The summed E-state index contributed by atoms with van der Waals surface area (Å²) in [7, 11) is 0. The highest BCUT2D eigenvalue weighted by Crippen LogP contribution is 2.40. The molecule has 0 radical (unpaired) electrons. The molecule has 73 heavy (non-hydrogen) atoms. The van der Waals surface area contributed by atoms with Gasteiger partial charge in [-0.05, 0) is 110 Å². The third-order valence-electron chi connectivity index (χ3n) is 13.4. The third kappa shape index (κ3) is 8.57. The van der Waals surface area contributed by atoms with E-state index in [1.54, 1.807) is 33.5 Å². The summed E-state index contributed by atoms with van der Waals surface area (Å²) in [5.74, 6) is 1.48. The van der Waals surface area contributed by atoms with E-state index in [2.05, 4.69) is 49.9 Å². The van der Waals surface area contributed by atoms with Gasteiger partial charge in [0, 0.05) is 31.3 Å². The fourth-order valence-corrected chi connectivity index (χ4v) is 9.76. The third-order valence-corrected chi connectivity index (χ3v) is 13.4. The lowest BCUT2D eigenvalue weighted by molar-refractivity contribution is -0.571. The van der Waals surface area contributed by atoms with Crippen molar-refractivity contribution >= 4 is 32.8 Å². The zero-order chi connectivity index (χ0) is 60.2. The maximum Gasteiger partial charge on any atom is 0.269 e. The largest absolute Gasteiger partial charge is 0.458 e. The van der Waals surface area contributed by atoms with Crippen LogP contribution in [0.1, 0.15) is 67.8 Å². The van der Waals surface area contributed by atoms with Gasteiger partial charge in [-0.15, -0.1) is 0 Å². The number of fused-ring (bicyclic) bond motifs is 4. The minimum Gasteiger partial charge on any atom is -0.458 e. The molecule has 0 unspecified atom stereocenters. The van der Waals surface area contributed by atoms with Crippen LogP contribution >= 0.6 is 0 Å². The van der Waals surface area contributed by atoms with Crippen molar-refractivity contribution in [3.8, 4) is 62.1 Å². The zero-order valence-corrected chi connectivity index (χ0v) is 40.9. The van der Waals surface area contributed by atoms with Gasteiger partial charge in [0.05, 0.1) is 47.1 Å². The summed E-state index contributed by atoms with van der Waals surface area (Å²) < 4.78 is 120. The molecule has 12 rings (SSSR count). The second-order valence-electron chi connectivity index (χ2n) is 19.6. The number of ether oxygens (including phenoxy) is 1. The molecule has 3 aromatic heterocycles. The standard InChI is InChI=1S/C68H56N4O/c1-67(2,3)52-36-39-61-59(41-52)58-38-37-55(43-64(58)72(61)65-40-50(44-68(4,5)51-28-16-9-17-29-51)60(45-69-65)49-26-14-8-15-27-49)73-54-31-20-30-53(42-54)70-46-71(63-35-19-18-34-62(63)70)66-56(47-22-10-6-11-23-47)32-21-33-57(66)48-24-12-7-13-25-48/h6-43,45H,44H2,1-5H3/i6D,7D,10D,11D,12D,13D,22D,23D,24D,25D,44D2. The van der Waals surface area contributed by atoms with Crippen molar-refractivity contribution in [3.63, 3.8) is 0 Å². The highest BCUT2D eigenvalue weighted by molar-refractivity contribution is 6.10. The molecule has 0 bridgehead atoms. The number of hydrogen-bond acceptors (Lipinski definition) is 2. The van der Waals surface area contributed by atoms with Crippen molar-refractivity contribution in [1.29, 1.82) is 0 Å². The van der Waals surface area contributed by atoms with Gasteiger partial charge in [-0.3, -0.25) is 13.7 Å². The summed E-state index contributed by atoms with van der Waals surface area (Å²) in [5.41, 5.74) is 6.39. The number of para-hydroxylation sites is 3. The Morgan fingerprint density at radius 3 is 1.92 bits per heavy atom. The van der Waals surface area contributed by atoms with Crippen LogP contribution in [0.2, 0.25) is 0 Å². The molecule has 5 heteroatoms. The molecular formula is C68H56N4O. The van der Waals surface area contributed by atoms with Crippen LogP contribution in [0.3, 0.4) is 0 Å². The SMILES string of the molecule is [2H]c1c([2H])c([2H])c(-c2cccc(-c3c([2H])c([2H])c([2H])c([2H])c3[2H])c2-[n+]2[c-]n(-c3cccc(Oc4ccc5c6cc(C(C)(C)C)ccc6n(-c6cc(C([2H])([2H])C(C)(C)c7ccccc7)c(-c7ccccc7)cn6)c5c4)c3)c3ccccc32)c([2H])c1[2H]. The van der Waals surface area contributed by atoms with E-state index < -0.39 is 72.2 Å². The van der Waals surface area contributed by atoms with Crippen LogP contribution in [-0.2, 0) is 17.2 Å². The van der Waals surface area contributed by atoms with Crippen LogP contribution in [0.5, 0.6) is 11.5 Å². The van der Waals surface area contributed by atoms with E-state index in [-0.39, 0.29) is 33.4 Å². The Bertz CT molecular complexity index is 4540. The summed E-state index contributed by atoms with van der Waals surface area (Å²) >= 11 is 0. The first kappa shape index (κ1) is 33.7. The Labute approximate surface area is 444 Å². The number of hydrogen-bond donors (Lipinski definition) is 0. The average molecular weight is 957 g/mol. The normalized spacial score (nSPS) is 14.5. The molecule has 0 N–H and O–H groups in total. The molecule has 3 heterocycles. The van der Waals surface area contributed by atoms with Gasteiger partial charge < -0.3 is 4.74 Å². The molecule has 354 valence electrons. The van der Waals surface area contributed by atoms with E-state index in [1.165, 1.54) is 0 Å². The Morgan fingerprint density at radius 2 is 1.21 bits per heavy atom. The van der Waals surface area contributed by atoms with Crippen LogP contribution in [0.4, 0.5) is 0 Å². The predicted octanol–water partition coefficient (Wildman–Crippen LogP) is 16.8. The number of imidazole rings is 1. The van der Waals surface area contributed by atoms with Gasteiger partial charge in [0.25, 0.3) is 6.33 Å². The lowest BCUT2D eigenvalue weighted by atomic mass is 9.78. The van der Waals surface area contributed by atoms with E-state index in [0.29, 0.717) is 45.2 Å². The molecule has 0 aliphatic rings. The topological polar surface area (TPSA) is 35.9 Å². The van der Waals surface area contributed by atoms with Crippen molar-refractivity contribution in [1.82, 2.24) is 14.1 Å². The van der Waals surface area contributed by atoms with Crippen LogP contribution in [0.25, 0.3) is 83.4 Å². The van der Waals surface area contributed by atoms with Crippen molar-refractivity contribution in [2.75, 3.05) is 0 Å². The van der Waals surface area contributed by atoms with Crippen molar-refractivity contribution in [2.24, 2.45) is 0 Å². The predicted molar refractivity (Wildman–Crippen MR) is 300 cm³/mol. The van der Waals surface area contributed by atoms with Gasteiger partial charge >= 0.3 is 0 Å². The van der Waals surface area contributed by atoms with Gasteiger partial charge in [-0.2, -0.15) is 0 Å². The number of pyridine rings is 1. The first-order valence-corrected chi connectivity index (χ1v) is 24.2. The summed E-state index contributed by atoms with van der Waals surface area (Å²) in [5, 5.41) is 1.93. The van der Waals surface area contributed by atoms with E-state index in [0.717, 1.165) is 38.5 Å². The van der Waals surface area contributed by atoms with Crippen LogP contribution in [0, 0.1) is 6.33 Å². The fourth-order valence-electron chi connectivity index (χ4n) is 9.76. The Kier molecular flexibility index (Phi) is 8.51. The highest BCUT2D eigenvalue weighted by Gasteiger charge is 2.26. The van der Waals surface area contributed by atoms with E-state index >= 15 is 0 Å². The maximum atomic E-state index is 10.1. The first-order chi connectivity index (χ1) is 40.5. The highest BCUT2D eigenvalue weighted by atomic mass is 16.5. The minimum absolute atomic E-state index is 0.137. The lowest BCUT2D eigenvalue weighted by Crippen LogP contribution is -2.31. The Hall–Kier alpha value is -8.80. The van der Waals surface area contributed by atoms with E-state index in [1.807, 2.05) is 147 Å². The second kappa shape index (κ2) is 18.4. The molecule has 0 saturated heterocycles. The van der Waals surface area contributed by atoms with E-state index in [4.69, 9.17) is 23.4 Å². The van der Waals surface area contributed by atoms with Crippen molar-refractivity contribution in [3.05, 3.63) is 259 Å².